The number of hydrogen-bond acceptors (Lipinski definition) is 6. The number of fused-ring (bicyclic) bond motifs is 1. The third-order valence-corrected chi connectivity index (χ3v) is 6.82. The standard InChI is InChI=1S/C25H26FN5S/c1-16-10-19(27)15-31(14-16)23-6-8-28-13-22(23)29-12-20-3-4-21(26)25(30-20)18-2-5-24-17(11-18)7-9-32-24/h2-9,11,13,16,19,29H,10,12,14-15,27H2,1H3. The summed E-state index contributed by atoms with van der Waals surface area (Å²) in [5.74, 6) is 0.225. The van der Waals surface area contributed by atoms with E-state index in [1.54, 1.807) is 23.6 Å². The summed E-state index contributed by atoms with van der Waals surface area (Å²) >= 11 is 1.68. The molecule has 0 radical (unpaired) electrons. The highest BCUT2D eigenvalue weighted by Crippen LogP contribution is 2.30. The topological polar surface area (TPSA) is 67.1 Å². The molecule has 2 unspecified atom stereocenters. The van der Waals surface area contributed by atoms with Crippen LogP contribution in [0.4, 0.5) is 15.8 Å². The fraction of sp³-hybridized carbons (Fsp3) is 0.280. The number of nitrogens with zero attached hydrogens (tertiary/aromatic N) is 3. The molecule has 32 heavy (non-hydrogen) atoms. The number of thiophene rings is 1. The van der Waals surface area contributed by atoms with Crippen LogP contribution in [0.15, 0.2) is 60.2 Å². The van der Waals surface area contributed by atoms with Crippen molar-refractivity contribution in [2.45, 2.75) is 25.9 Å². The summed E-state index contributed by atoms with van der Waals surface area (Å²) < 4.78 is 15.8. The Kier molecular flexibility index (Phi) is 5.76. The van der Waals surface area contributed by atoms with Gasteiger partial charge in [-0.05, 0) is 59.5 Å². The van der Waals surface area contributed by atoms with Gasteiger partial charge in [0, 0.05) is 35.6 Å². The van der Waals surface area contributed by atoms with Crippen LogP contribution < -0.4 is 16.0 Å². The zero-order valence-electron chi connectivity index (χ0n) is 18.0. The van der Waals surface area contributed by atoms with Crippen molar-refractivity contribution in [1.29, 1.82) is 0 Å². The Morgan fingerprint density at radius 3 is 2.97 bits per heavy atom. The smallest absolute Gasteiger partial charge is 0.149 e. The number of piperidine rings is 1. The third-order valence-electron chi connectivity index (χ3n) is 5.92. The molecular weight excluding hydrogens is 421 g/mol. The minimum Gasteiger partial charge on any atom is -0.376 e. The lowest BCUT2D eigenvalue weighted by Gasteiger charge is -2.37. The van der Waals surface area contributed by atoms with Crippen molar-refractivity contribution in [3.05, 3.63) is 71.7 Å². The van der Waals surface area contributed by atoms with E-state index in [1.807, 2.05) is 41.9 Å². The van der Waals surface area contributed by atoms with Crippen molar-refractivity contribution < 1.29 is 4.39 Å². The van der Waals surface area contributed by atoms with E-state index in [4.69, 9.17) is 5.73 Å². The summed E-state index contributed by atoms with van der Waals surface area (Å²) in [7, 11) is 0. The van der Waals surface area contributed by atoms with Crippen LogP contribution in [-0.2, 0) is 6.54 Å². The highest BCUT2D eigenvalue weighted by Gasteiger charge is 2.24. The fourth-order valence-corrected chi connectivity index (χ4v) is 5.25. The maximum absolute atomic E-state index is 14.6. The van der Waals surface area contributed by atoms with Gasteiger partial charge in [0.15, 0.2) is 0 Å². The lowest BCUT2D eigenvalue weighted by molar-refractivity contribution is 0.402. The molecule has 3 aromatic heterocycles. The van der Waals surface area contributed by atoms with E-state index in [9.17, 15) is 4.39 Å². The van der Waals surface area contributed by atoms with Crippen molar-refractivity contribution in [2.75, 3.05) is 23.3 Å². The number of benzene rings is 1. The zero-order chi connectivity index (χ0) is 22.1. The van der Waals surface area contributed by atoms with Gasteiger partial charge in [-0.1, -0.05) is 13.0 Å². The second-order valence-electron chi connectivity index (χ2n) is 8.56. The first-order chi connectivity index (χ1) is 15.6. The van der Waals surface area contributed by atoms with E-state index in [1.165, 1.54) is 10.8 Å². The quantitative estimate of drug-likeness (QED) is 0.436. The minimum absolute atomic E-state index is 0.168. The lowest BCUT2D eigenvalue weighted by Crippen LogP contribution is -2.46. The van der Waals surface area contributed by atoms with E-state index in [0.29, 0.717) is 18.2 Å². The normalized spacial score (nSPS) is 18.8. The highest BCUT2D eigenvalue weighted by atomic mass is 32.1. The van der Waals surface area contributed by atoms with Crippen molar-refractivity contribution in [3.63, 3.8) is 0 Å². The number of hydrogen-bond donors (Lipinski definition) is 2. The average molecular weight is 448 g/mol. The van der Waals surface area contributed by atoms with Gasteiger partial charge in [-0.15, -0.1) is 11.3 Å². The van der Waals surface area contributed by atoms with Crippen molar-refractivity contribution >= 4 is 32.8 Å². The fourth-order valence-electron chi connectivity index (χ4n) is 4.48. The number of rotatable bonds is 5. The summed E-state index contributed by atoms with van der Waals surface area (Å²) in [5, 5.41) is 6.60. The van der Waals surface area contributed by atoms with Gasteiger partial charge >= 0.3 is 0 Å². The second-order valence-corrected chi connectivity index (χ2v) is 9.51. The second kappa shape index (κ2) is 8.84. The molecule has 0 spiro atoms. The van der Waals surface area contributed by atoms with Gasteiger partial charge in [-0.2, -0.15) is 0 Å². The van der Waals surface area contributed by atoms with Gasteiger partial charge in [-0.25, -0.2) is 9.37 Å². The summed E-state index contributed by atoms with van der Waals surface area (Å²) in [5.41, 5.74) is 10.2. The molecular formula is C25H26FN5S. The van der Waals surface area contributed by atoms with Crippen LogP contribution in [0.25, 0.3) is 21.3 Å². The molecule has 2 atom stereocenters. The number of pyridine rings is 2. The molecule has 3 N–H and O–H groups in total. The van der Waals surface area contributed by atoms with Crippen LogP contribution in [0.1, 0.15) is 19.0 Å². The van der Waals surface area contributed by atoms with Crippen molar-refractivity contribution in [1.82, 2.24) is 9.97 Å². The predicted molar refractivity (Wildman–Crippen MR) is 131 cm³/mol. The maximum Gasteiger partial charge on any atom is 0.149 e. The summed E-state index contributed by atoms with van der Waals surface area (Å²) in [6.07, 6.45) is 4.68. The Bertz CT molecular complexity index is 1230. The van der Waals surface area contributed by atoms with E-state index in [-0.39, 0.29) is 11.9 Å². The van der Waals surface area contributed by atoms with Gasteiger partial charge < -0.3 is 16.0 Å². The monoisotopic (exact) mass is 447 g/mol. The maximum atomic E-state index is 14.6. The van der Waals surface area contributed by atoms with Crippen molar-refractivity contribution in [3.8, 4) is 11.3 Å². The Hall–Kier alpha value is -3.03. The molecule has 4 heterocycles. The van der Waals surface area contributed by atoms with Gasteiger partial charge in [0.05, 0.1) is 29.8 Å². The van der Waals surface area contributed by atoms with Crippen LogP contribution in [0, 0.1) is 11.7 Å². The number of nitrogens with one attached hydrogen (secondary N) is 1. The first-order valence-electron chi connectivity index (χ1n) is 10.9. The van der Waals surface area contributed by atoms with Crippen molar-refractivity contribution in [2.24, 2.45) is 11.7 Å². The lowest BCUT2D eigenvalue weighted by atomic mass is 9.96. The molecule has 0 saturated carbocycles. The summed E-state index contributed by atoms with van der Waals surface area (Å²) in [6, 6.07) is 13.4. The van der Waals surface area contributed by atoms with E-state index in [0.717, 1.165) is 47.5 Å². The molecule has 1 fully saturated rings. The van der Waals surface area contributed by atoms with Crippen LogP contribution in [0.5, 0.6) is 0 Å². The molecule has 164 valence electrons. The molecule has 1 saturated heterocycles. The van der Waals surface area contributed by atoms with E-state index >= 15 is 0 Å². The van der Waals surface area contributed by atoms with Crippen LogP contribution in [0.2, 0.25) is 0 Å². The minimum atomic E-state index is -0.318. The first kappa shape index (κ1) is 20.8. The molecule has 4 aromatic rings. The van der Waals surface area contributed by atoms with Crippen LogP contribution >= 0.6 is 11.3 Å². The largest absolute Gasteiger partial charge is 0.376 e. The average Bonchev–Trinajstić information content (AvgIpc) is 3.26. The Morgan fingerprint density at radius 2 is 2.09 bits per heavy atom. The van der Waals surface area contributed by atoms with Crippen LogP contribution in [0.3, 0.4) is 0 Å². The van der Waals surface area contributed by atoms with Gasteiger partial charge in [-0.3, -0.25) is 4.98 Å². The number of aromatic nitrogens is 2. The summed E-state index contributed by atoms with van der Waals surface area (Å²) in [4.78, 5) is 11.2. The number of halogens is 1. The third kappa shape index (κ3) is 4.31. The SMILES string of the molecule is CC1CC(N)CN(c2ccncc2NCc2ccc(F)c(-c3ccc4sccc4c3)n2)C1. The molecule has 5 nitrogen and oxygen atoms in total. The first-order valence-corrected chi connectivity index (χ1v) is 11.8. The predicted octanol–water partition coefficient (Wildman–Crippen LogP) is 5.28. The Balaban J connectivity index is 1.37. The van der Waals surface area contributed by atoms with Gasteiger partial charge in [0.2, 0.25) is 0 Å². The molecule has 0 amide bonds. The zero-order valence-corrected chi connectivity index (χ0v) is 18.8. The van der Waals surface area contributed by atoms with E-state index in [2.05, 4.69) is 27.1 Å². The molecule has 7 heteroatoms. The van der Waals surface area contributed by atoms with E-state index < -0.39 is 0 Å². The Morgan fingerprint density at radius 1 is 1.19 bits per heavy atom. The molecule has 1 aliphatic heterocycles. The Labute approximate surface area is 191 Å². The number of nitrogens with two attached hydrogens (primary N) is 1. The molecule has 1 aliphatic rings. The number of anilines is 2. The van der Waals surface area contributed by atoms with Gasteiger partial charge in [0.25, 0.3) is 0 Å². The molecule has 5 rings (SSSR count). The molecule has 0 aliphatic carbocycles. The van der Waals surface area contributed by atoms with Crippen LogP contribution in [-0.4, -0.2) is 29.1 Å². The molecule has 0 bridgehead atoms. The van der Waals surface area contributed by atoms with Gasteiger partial charge in [0.1, 0.15) is 11.5 Å². The molecule has 1 aromatic carbocycles. The summed E-state index contributed by atoms with van der Waals surface area (Å²) in [6.45, 7) is 4.50. The highest BCUT2D eigenvalue weighted by molar-refractivity contribution is 7.17.